The largest absolute Gasteiger partial charge is 0.339 e. The summed E-state index contributed by atoms with van der Waals surface area (Å²) in [6, 6.07) is 12.1. The molecule has 24 heavy (non-hydrogen) atoms. The van der Waals surface area contributed by atoms with Crippen molar-refractivity contribution in [2.24, 2.45) is 0 Å². The lowest BCUT2D eigenvalue weighted by Crippen LogP contribution is -2.32. The number of thiophene rings is 1. The van der Waals surface area contributed by atoms with E-state index in [9.17, 15) is 0 Å². The Morgan fingerprint density at radius 1 is 1.21 bits per heavy atom. The summed E-state index contributed by atoms with van der Waals surface area (Å²) >= 11 is 7.70. The predicted molar refractivity (Wildman–Crippen MR) is 96.3 cm³/mol. The van der Waals surface area contributed by atoms with Crippen molar-refractivity contribution in [3.63, 3.8) is 0 Å². The number of rotatable bonds is 4. The van der Waals surface area contributed by atoms with Crippen LogP contribution in [-0.2, 0) is 6.54 Å². The normalized spacial score (nSPS) is 16.5. The summed E-state index contributed by atoms with van der Waals surface area (Å²) < 4.78 is 5.51. The Balaban J connectivity index is 1.36. The van der Waals surface area contributed by atoms with Crippen LogP contribution in [0.25, 0.3) is 10.7 Å². The van der Waals surface area contributed by atoms with Crippen molar-refractivity contribution in [1.29, 1.82) is 0 Å². The number of hydrogen-bond acceptors (Lipinski definition) is 5. The molecule has 0 bridgehead atoms. The fourth-order valence-corrected chi connectivity index (χ4v) is 4.00. The third-order valence-electron chi connectivity index (χ3n) is 4.42. The summed E-state index contributed by atoms with van der Waals surface area (Å²) in [7, 11) is 0. The molecule has 6 heteroatoms. The maximum absolute atomic E-state index is 6.07. The minimum atomic E-state index is 0.363. The van der Waals surface area contributed by atoms with Gasteiger partial charge in [-0.25, -0.2) is 0 Å². The van der Waals surface area contributed by atoms with Crippen molar-refractivity contribution < 1.29 is 4.52 Å². The van der Waals surface area contributed by atoms with E-state index in [0.717, 1.165) is 48.3 Å². The zero-order valence-electron chi connectivity index (χ0n) is 13.2. The number of benzene rings is 1. The SMILES string of the molecule is Clc1cccc(CN2CCC(c3nc(-c4cccs4)no3)CC2)c1. The van der Waals surface area contributed by atoms with Crippen LogP contribution in [0.2, 0.25) is 5.02 Å². The Morgan fingerprint density at radius 3 is 2.83 bits per heavy atom. The smallest absolute Gasteiger partial charge is 0.230 e. The van der Waals surface area contributed by atoms with Gasteiger partial charge in [-0.05, 0) is 55.1 Å². The lowest BCUT2D eigenvalue weighted by Gasteiger charge is -2.30. The Morgan fingerprint density at radius 2 is 2.08 bits per heavy atom. The van der Waals surface area contributed by atoms with Gasteiger partial charge in [-0.3, -0.25) is 4.90 Å². The van der Waals surface area contributed by atoms with Crippen LogP contribution in [0.1, 0.15) is 30.2 Å². The van der Waals surface area contributed by atoms with Crippen LogP contribution in [-0.4, -0.2) is 28.1 Å². The molecule has 0 radical (unpaired) electrons. The number of hydrogen-bond donors (Lipinski definition) is 0. The van der Waals surface area contributed by atoms with E-state index in [1.807, 2.05) is 35.7 Å². The molecular formula is C18H18ClN3OS. The molecule has 1 fully saturated rings. The standard InChI is InChI=1S/C18H18ClN3OS/c19-15-4-1-3-13(11-15)12-22-8-6-14(7-9-22)18-20-17(21-23-18)16-5-2-10-24-16/h1-5,10-11,14H,6-9,12H2. The summed E-state index contributed by atoms with van der Waals surface area (Å²) in [6.07, 6.45) is 2.10. The van der Waals surface area contributed by atoms with Crippen LogP contribution in [0.3, 0.4) is 0 Å². The lowest BCUT2D eigenvalue weighted by molar-refractivity contribution is 0.187. The molecule has 124 valence electrons. The molecule has 1 aliphatic rings. The van der Waals surface area contributed by atoms with Gasteiger partial charge in [0.15, 0.2) is 0 Å². The van der Waals surface area contributed by atoms with Gasteiger partial charge >= 0.3 is 0 Å². The van der Waals surface area contributed by atoms with Crippen molar-refractivity contribution >= 4 is 22.9 Å². The molecule has 4 rings (SSSR count). The second-order valence-electron chi connectivity index (χ2n) is 6.11. The monoisotopic (exact) mass is 359 g/mol. The van der Waals surface area contributed by atoms with Crippen molar-refractivity contribution in [3.8, 4) is 10.7 Å². The lowest BCUT2D eigenvalue weighted by atomic mass is 9.96. The molecule has 0 aliphatic carbocycles. The third-order valence-corrected chi connectivity index (χ3v) is 5.52. The van der Waals surface area contributed by atoms with Crippen LogP contribution in [0.5, 0.6) is 0 Å². The Hall–Kier alpha value is -1.69. The van der Waals surface area contributed by atoms with Crippen molar-refractivity contribution in [1.82, 2.24) is 15.0 Å². The second-order valence-corrected chi connectivity index (χ2v) is 7.50. The first-order valence-corrected chi connectivity index (χ1v) is 9.38. The van der Waals surface area contributed by atoms with Gasteiger partial charge in [-0.1, -0.05) is 35.0 Å². The Bertz CT molecular complexity index is 794. The molecule has 0 unspecified atom stereocenters. The van der Waals surface area contributed by atoms with E-state index in [1.165, 1.54) is 5.56 Å². The average molecular weight is 360 g/mol. The van der Waals surface area contributed by atoms with Gasteiger partial charge in [-0.2, -0.15) is 4.98 Å². The Labute approximate surface area is 150 Å². The van der Waals surface area contributed by atoms with Crippen LogP contribution in [0, 0.1) is 0 Å². The summed E-state index contributed by atoms with van der Waals surface area (Å²) in [5.41, 5.74) is 1.26. The van der Waals surface area contributed by atoms with Gasteiger partial charge in [0.2, 0.25) is 11.7 Å². The maximum Gasteiger partial charge on any atom is 0.230 e. The zero-order chi connectivity index (χ0) is 16.4. The highest BCUT2D eigenvalue weighted by atomic mass is 35.5. The summed E-state index contributed by atoms with van der Waals surface area (Å²) in [4.78, 5) is 8.11. The number of likely N-dealkylation sites (tertiary alicyclic amines) is 1. The summed E-state index contributed by atoms with van der Waals surface area (Å²) in [5, 5.41) is 6.95. The summed E-state index contributed by atoms with van der Waals surface area (Å²) in [6.45, 7) is 3.01. The molecule has 0 spiro atoms. The van der Waals surface area contributed by atoms with Gasteiger partial charge in [-0.15, -0.1) is 11.3 Å². The molecule has 3 heterocycles. The fraction of sp³-hybridized carbons (Fsp3) is 0.333. The highest BCUT2D eigenvalue weighted by Gasteiger charge is 2.25. The van der Waals surface area contributed by atoms with E-state index in [2.05, 4.69) is 21.1 Å². The van der Waals surface area contributed by atoms with Crippen LogP contribution < -0.4 is 0 Å². The molecule has 1 aromatic carbocycles. The fourth-order valence-electron chi connectivity index (χ4n) is 3.14. The van der Waals surface area contributed by atoms with Gasteiger partial charge in [0.1, 0.15) is 0 Å². The quantitative estimate of drug-likeness (QED) is 0.669. The van der Waals surface area contributed by atoms with Crippen molar-refractivity contribution in [3.05, 3.63) is 58.3 Å². The molecule has 0 amide bonds. The van der Waals surface area contributed by atoms with E-state index in [4.69, 9.17) is 16.1 Å². The van der Waals surface area contributed by atoms with Gasteiger partial charge in [0.05, 0.1) is 4.88 Å². The molecule has 0 N–H and O–H groups in total. The number of aromatic nitrogens is 2. The molecule has 1 aliphatic heterocycles. The predicted octanol–water partition coefficient (Wildman–Crippen LogP) is 4.83. The maximum atomic E-state index is 6.07. The van der Waals surface area contributed by atoms with E-state index in [1.54, 1.807) is 11.3 Å². The van der Waals surface area contributed by atoms with Gasteiger partial charge < -0.3 is 4.52 Å². The highest BCUT2D eigenvalue weighted by Crippen LogP contribution is 2.30. The highest BCUT2D eigenvalue weighted by molar-refractivity contribution is 7.13. The number of piperidine rings is 1. The minimum Gasteiger partial charge on any atom is -0.339 e. The van der Waals surface area contributed by atoms with Crippen molar-refractivity contribution in [2.75, 3.05) is 13.1 Å². The van der Waals surface area contributed by atoms with Gasteiger partial charge in [0.25, 0.3) is 0 Å². The molecule has 0 saturated carbocycles. The van der Waals surface area contributed by atoms with E-state index >= 15 is 0 Å². The van der Waals surface area contributed by atoms with Crippen molar-refractivity contribution in [2.45, 2.75) is 25.3 Å². The molecule has 0 atom stereocenters. The summed E-state index contributed by atoms with van der Waals surface area (Å²) in [5.74, 6) is 1.85. The Kier molecular flexibility index (Phi) is 4.65. The average Bonchev–Trinajstić information content (AvgIpc) is 3.27. The zero-order valence-corrected chi connectivity index (χ0v) is 14.8. The molecule has 4 nitrogen and oxygen atoms in total. The van der Waals surface area contributed by atoms with Crippen LogP contribution in [0.15, 0.2) is 46.3 Å². The second kappa shape index (κ2) is 7.05. The first-order chi connectivity index (χ1) is 11.8. The molecule has 3 aromatic rings. The minimum absolute atomic E-state index is 0.363. The van der Waals surface area contributed by atoms with Crippen LogP contribution >= 0.6 is 22.9 Å². The van der Waals surface area contributed by atoms with Gasteiger partial charge in [0, 0.05) is 17.5 Å². The molecule has 1 saturated heterocycles. The number of halogens is 1. The third kappa shape index (κ3) is 3.53. The number of nitrogens with zero attached hydrogens (tertiary/aromatic N) is 3. The topological polar surface area (TPSA) is 42.2 Å². The first-order valence-electron chi connectivity index (χ1n) is 8.12. The van der Waals surface area contributed by atoms with E-state index in [-0.39, 0.29) is 0 Å². The molecular weight excluding hydrogens is 342 g/mol. The van der Waals surface area contributed by atoms with E-state index < -0.39 is 0 Å². The van der Waals surface area contributed by atoms with Crippen LogP contribution in [0.4, 0.5) is 0 Å². The first kappa shape index (κ1) is 15.8. The molecule has 2 aromatic heterocycles. The van der Waals surface area contributed by atoms with E-state index in [0.29, 0.717) is 11.7 Å².